The van der Waals surface area contributed by atoms with Crippen molar-refractivity contribution in [3.63, 3.8) is 0 Å². The molecular formula is C13H17N3O3. The van der Waals surface area contributed by atoms with Crippen LogP contribution in [0.4, 0.5) is 5.69 Å². The number of hydrogen-bond donors (Lipinski definition) is 2. The lowest BCUT2D eigenvalue weighted by atomic mass is 10.1. The van der Waals surface area contributed by atoms with Gasteiger partial charge in [0.25, 0.3) is 0 Å². The number of aryl methyl sites for hydroxylation is 1. The zero-order valence-corrected chi connectivity index (χ0v) is 11.0. The summed E-state index contributed by atoms with van der Waals surface area (Å²) in [5.41, 5.74) is 2.64. The Morgan fingerprint density at radius 1 is 1.42 bits per heavy atom. The fourth-order valence-corrected chi connectivity index (χ4v) is 1.77. The Labute approximate surface area is 111 Å². The molecule has 1 aromatic heterocycles. The van der Waals surface area contributed by atoms with Crippen molar-refractivity contribution >= 4 is 22.5 Å². The van der Waals surface area contributed by atoms with Gasteiger partial charge in [0, 0.05) is 12.5 Å². The van der Waals surface area contributed by atoms with Gasteiger partial charge in [-0.15, -0.1) is 0 Å². The number of aromatic nitrogens is 2. The van der Waals surface area contributed by atoms with Crippen molar-refractivity contribution in [1.82, 2.24) is 10.2 Å². The van der Waals surface area contributed by atoms with E-state index in [0.717, 1.165) is 16.5 Å². The van der Waals surface area contributed by atoms with E-state index in [1.54, 1.807) is 13.3 Å². The molecule has 2 aromatic rings. The molecule has 0 saturated carbocycles. The zero-order chi connectivity index (χ0) is 13.7. The van der Waals surface area contributed by atoms with Crippen molar-refractivity contribution in [3.05, 3.63) is 23.9 Å². The number of ether oxygens (including phenoxy) is 2. The van der Waals surface area contributed by atoms with Gasteiger partial charge in [-0.25, -0.2) is 0 Å². The number of anilines is 1. The first kappa shape index (κ1) is 13.5. The van der Waals surface area contributed by atoms with Crippen molar-refractivity contribution in [3.8, 4) is 0 Å². The van der Waals surface area contributed by atoms with Crippen LogP contribution in [-0.4, -0.2) is 43.0 Å². The van der Waals surface area contributed by atoms with Gasteiger partial charge in [-0.2, -0.15) is 5.10 Å². The van der Waals surface area contributed by atoms with Crippen molar-refractivity contribution in [2.75, 3.05) is 32.2 Å². The van der Waals surface area contributed by atoms with Gasteiger partial charge in [-0.3, -0.25) is 9.89 Å². The van der Waals surface area contributed by atoms with E-state index in [1.807, 2.05) is 19.1 Å². The maximum absolute atomic E-state index is 11.7. The first-order valence-electron chi connectivity index (χ1n) is 6.01. The highest BCUT2D eigenvalue weighted by atomic mass is 16.5. The molecule has 0 aliphatic carbocycles. The molecule has 0 atom stereocenters. The number of nitrogens with zero attached hydrogens (tertiary/aromatic N) is 1. The first-order valence-corrected chi connectivity index (χ1v) is 6.01. The molecule has 102 valence electrons. The second-order valence-electron chi connectivity index (χ2n) is 4.18. The van der Waals surface area contributed by atoms with Gasteiger partial charge < -0.3 is 14.8 Å². The summed E-state index contributed by atoms with van der Waals surface area (Å²) in [6.45, 7) is 2.88. The molecule has 0 saturated heterocycles. The number of rotatable bonds is 6. The largest absolute Gasteiger partial charge is 0.382 e. The van der Waals surface area contributed by atoms with Gasteiger partial charge in [0.2, 0.25) is 5.91 Å². The molecule has 0 bridgehead atoms. The third-order valence-electron chi connectivity index (χ3n) is 2.77. The Morgan fingerprint density at radius 2 is 2.26 bits per heavy atom. The van der Waals surface area contributed by atoms with Gasteiger partial charge in [0.15, 0.2) is 0 Å². The van der Waals surface area contributed by atoms with Crippen LogP contribution in [0.3, 0.4) is 0 Å². The van der Waals surface area contributed by atoms with E-state index in [1.165, 1.54) is 0 Å². The summed E-state index contributed by atoms with van der Waals surface area (Å²) >= 11 is 0. The van der Waals surface area contributed by atoms with Gasteiger partial charge in [-0.05, 0) is 18.6 Å². The number of aromatic amines is 1. The number of amides is 1. The van der Waals surface area contributed by atoms with E-state index in [0.29, 0.717) is 18.9 Å². The van der Waals surface area contributed by atoms with Gasteiger partial charge in [0.1, 0.15) is 6.61 Å². The monoisotopic (exact) mass is 263 g/mol. The fraction of sp³-hybridized carbons (Fsp3) is 0.385. The number of carbonyl (C=O) groups excluding carboxylic acids is 1. The first-order chi connectivity index (χ1) is 9.22. The summed E-state index contributed by atoms with van der Waals surface area (Å²) in [4.78, 5) is 11.7. The predicted molar refractivity (Wildman–Crippen MR) is 72.2 cm³/mol. The highest BCUT2D eigenvalue weighted by Gasteiger charge is 2.08. The molecule has 2 rings (SSSR count). The quantitative estimate of drug-likeness (QED) is 0.774. The zero-order valence-electron chi connectivity index (χ0n) is 11.0. The standard InChI is InChI=1S/C13H17N3O3/c1-9-3-4-11(13-10(9)7-14-16-13)15-12(17)8-19-6-5-18-2/h3-4,7H,5-6,8H2,1-2H3,(H,14,16)(H,15,17). The van der Waals surface area contributed by atoms with E-state index in [9.17, 15) is 4.79 Å². The van der Waals surface area contributed by atoms with Crippen LogP contribution in [0.1, 0.15) is 5.56 Å². The summed E-state index contributed by atoms with van der Waals surface area (Å²) in [6, 6.07) is 3.79. The second-order valence-corrected chi connectivity index (χ2v) is 4.18. The van der Waals surface area contributed by atoms with Crippen LogP contribution in [0.25, 0.3) is 10.9 Å². The smallest absolute Gasteiger partial charge is 0.250 e. The van der Waals surface area contributed by atoms with Crippen molar-refractivity contribution in [2.45, 2.75) is 6.92 Å². The van der Waals surface area contributed by atoms with E-state index in [2.05, 4.69) is 15.5 Å². The molecule has 0 spiro atoms. The number of hydrogen-bond acceptors (Lipinski definition) is 4. The maximum atomic E-state index is 11.7. The summed E-state index contributed by atoms with van der Waals surface area (Å²) in [5, 5.41) is 10.7. The van der Waals surface area contributed by atoms with Gasteiger partial charge >= 0.3 is 0 Å². The number of methoxy groups -OCH3 is 1. The molecule has 0 aliphatic rings. The number of benzene rings is 1. The number of nitrogens with one attached hydrogen (secondary N) is 2. The van der Waals surface area contributed by atoms with Crippen LogP contribution in [0, 0.1) is 6.92 Å². The maximum Gasteiger partial charge on any atom is 0.250 e. The third kappa shape index (κ3) is 3.30. The highest BCUT2D eigenvalue weighted by Crippen LogP contribution is 2.23. The minimum Gasteiger partial charge on any atom is -0.382 e. The number of fused-ring (bicyclic) bond motifs is 1. The number of H-pyrrole nitrogens is 1. The molecule has 19 heavy (non-hydrogen) atoms. The SMILES string of the molecule is COCCOCC(=O)Nc1ccc(C)c2cn[nH]c12. The normalized spacial score (nSPS) is 10.8. The number of carbonyl (C=O) groups is 1. The fourth-order valence-electron chi connectivity index (χ4n) is 1.77. The Hall–Kier alpha value is -1.92. The minimum absolute atomic E-state index is 0.00681. The molecule has 0 radical (unpaired) electrons. The van der Waals surface area contributed by atoms with E-state index < -0.39 is 0 Å². The minimum atomic E-state index is -0.198. The third-order valence-corrected chi connectivity index (χ3v) is 2.77. The molecule has 1 heterocycles. The molecule has 0 aliphatic heterocycles. The topological polar surface area (TPSA) is 76.2 Å². The predicted octanol–water partition coefficient (Wildman–Crippen LogP) is 1.47. The van der Waals surface area contributed by atoms with Crippen LogP contribution >= 0.6 is 0 Å². The van der Waals surface area contributed by atoms with E-state index in [4.69, 9.17) is 9.47 Å². The molecule has 6 heteroatoms. The summed E-state index contributed by atoms with van der Waals surface area (Å²) < 4.78 is 9.99. The van der Waals surface area contributed by atoms with Crippen molar-refractivity contribution < 1.29 is 14.3 Å². The van der Waals surface area contributed by atoms with Crippen LogP contribution < -0.4 is 5.32 Å². The lowest BCUT2D eigenvalue weighted by molar-refractivity contribution is -0.121. The average Bonchev–Trinajstić information content (AvgIpc) is 2.88. The molecule has 6 nitrogen and oxygen atoms in total. The molecule has 1 amide bonds. The van der Waals surface area contributed by atoms with E-state index in [-0.39, 0.29) is 12.5 Å². The van der Waals surface area contributed by atoms with Crippen molar-refractivity contribution in [2.24, 2.45) is 0 Å². The average molecular weight is 263 g/mol. The molecule has 0 fully saturated rings. The van der Waals surface area contributed by atoms with E-state index >= 15 is 0 Å². The lowest BCUT2D eigenvalue weighted by Crippen LogP contribution is -2.19. The Morgan fingerprint density at radius 3 is 3.05 bits per heavy atom. The summed E-state index contributed by atoms with van der Waals surface area (Å²) in [7, 11) is 1.59. The van der Waals surface area contributed by atoms with Crippen molar-refractivity contribution in [1.29, 1.82) is 0 Å². The summed E-state index contributed by atoms with van der Waals surface area (Å²) in [6.07, 6.45) is 1.75. The summed E-state index contributed by atoms with van der Waals surface area (Å²) in [5.74, 6) is -0.198. The molecule has 1 aromatic carbocycles. The molecular weight excluding hydrogens is 246 g/mol. The van der Waals surface area contributed by atoms with Crippen LogP contribution in [0.2, 0.25) is 0 Å². The second kappa shape index (κ2) is 6.31. The Bertz CT molecular complexity index is 565. The lowest BCUT2D eigenvalue weighted by Gasteiger charge is -2.08. The Balaban J connectivity index is 1.99. The van der Waals surface area contributed by atoms with Crippen LogP contribution in [0.5, 0.6) is 0 Å². The van der Waals surface area contributed by atoms with Crippen LogP contribution in [-0.2, 0) is 14.3 Å². The molecule has 0 unspecified atom stereocenters. The van der Waals surface area contributed by atoms with Gasteiger partial charge in [-0.1, -0.05) is 6.07 Å². The van der Waals surface area contributed by atoms with Gasteiger partial charge in [0.05, 0.1) is 30.6 Å². The van der Waals surface area contributed by atoms with Crippen LogP contribution in [0.15, 0.2) is 18.3 Å². The molecule has 2 N–H and O–H groups in total. The Kier molecular flexibility index (Phi) is 4.48. The highest BCUT2D eigenvalue weighted by molar-refractivity contribution is 6.01.